The number of hydrogen-bond donors (Lipinski definition) is 4. The van der Waals surface area contributed by atoms with Crippen LogP contribution in [-0.2, 0) is 38.1 Å². The Morgan fingerprint density at radius 2 is 1.53 bits per heavy atom. The van der Waals surface area contributed by atoms with Crippen LogP contribution >= 0.6 is 0 Å². The quantitative estimate of drug-likeness (QED) is 0.0596. The Bertz CT molecular complexity index is 2550. The predicted molar refractivity (Wildman–Crippen MR) is 275 cm³/mol. The number of nitrogens with one attached hydrogen (secondary N) is 3. The smallest absolute Gasteiger partial charge is 0.274 e. The van der Waals surface area contributed by atoms with Crippen molar-refractivity contribution in [1.29, 1.82) is 5.26 Å². The summed E-state index contributed by atoms with van der Waals surface area (Å²) >= 11 is 0. The Balaban J connectivity index is 0.820. The SMILES string of the molecule is COc1cccc(F)c1-c1nccc(C(=O)Nc2ccc(-c3cnccc3C#N)cc2N2CCN(CC(=O)NCCOCCOCCOCCOCCOCCC(=O)N[C@H](C(=O)N3CC[C@@H](O)C3)C(C)(C)C)CC2)n1. The summed E-state index contributed by atoms with van der Waals surface area (Å²) in [6, 6.07) is 14.4. The fourth-order valence-electron chi connectivity index (χ4n) is 8.29. The van der Waals surface area contributed by atoms with Crippen molar-refractivity contribution in [2.45, 2.75) is 45.8 Å². The van der Waals surface area contributed by atoms with Crippen molar-refractivity contribution < 1.29 is 57.1 Å². The molecule has 0 radical (unpaired) electrons. The van der Waals surface area contributed by atoms with E-state index < -0.39 is 29.3 Å². The lowest BCUT2D eigenvalue weighted by atomic mass is 9.85. The number of ether oxygens (including phenoxy) is 6. The van der Waals surface area contributed by atoms with Gasteiger partial charge in [-0.3, -0.25) is 29.1 Å². The van der Waals surface area contributed by atoms with Crippen LogP contribution in [-0.4, -0.2) is 191 Å². The number of likely N-dealkylation sites (tertiary alicyclic amines) is 1. The van der Waals surface area contributed by atoms with E-state index in [1.165, 1.54) is 31.5 Å². The fourth-order valence-corrected chi connectivity index (χ4v) is 8.29. The van der Waals surface area contributed by atoms with Gasteiger partial charge in [0.15, 0.2) is 5.82 Å². The third-order valence-electron chi connectivity index (χ3n) is 12.3. The summed E-state index contributed by atoms with van der Waals surface area (Å²) in [5.74, 6) is -1.51. The molecule has 21 nitrogen and oxygen atoms in total. The van der Waals surface area contributed by atoms with Gasteiger partial charge in [0.25, 0.3) is 5.91 Å². The van der Waals surface area contributed by atoms with Crippen LogP contribution in [0.1, 0.15) is 49.7 Å². The first-order valence-corrected chi connectivity index (χ1v) is 25.1. The number of benzene rings is 2. The largest absolute Gasteiger partial charge is 0.496 e. The van der Waals surface area contributed by atoms with Gasteiger partial charge in [0.2, 0.25) is 17.7 Å². The van der Waals surface area contributed by atoms with Crippen molar-refractivity contribution in [3.63, 3.8) is 0 Å². The summed E-state index contributed by atoms with van der Waals surface area (Å²) in [4.78, 5) is 70.8. The summed E-state index contributed by atoms with van der Waals surface area (Å²) in [7, 11) is 1.41. The number of methoxy groups -OCH3 is 1. The molecule has 2 atom stereocenters. The van der Waals surface area contributed by atoms with Gasteiger partial charge in [0.1, 0.15) is 23.3 Å². The molecule has 4 heterocycles. The maximum atomic E-state index is 14.9. The molecule has 4 amide bonds. The Morgan fingerprint density at radius 3 is 2.17 bits per heavy atom. The minimum absolute atomic E-state index is 0.00633. The van der Waals surface area contributed by atoms with Gasteiger partial charge < -0.3 is 59.3 Å². The van der Waals surface area contributed by atoms with Gasteiger partial charge in [-0.2, -0.15) is 5.26 Å². The van der Waals surface area contributed by atoms with E-state index in [2.05, 4.69) is 41.9 Å². The molecule has 75 heavy (non-hydrogen) atoms. The molecule has 2 fully saturated rings. The molecular formula is C53H69FN10O11. The summed E-state index contributed by atoms with van der Waals surface area (Å²) in [6.45, 7) is 12.6. The third kappa shape index (κ3) is 17.7. The van der Waals surface area contributed by atoms with E-state index in [9.17, 15) is 33.9 Å². The summed E-state index contributed by atoms with van der Waals surface area (Å²) < 4.78 is 48.0. The number of hydrogen-bond acceptors (Lipinski definition) is 17. The van der Waals surface area contributed by atoms with Crippen LogP contribution in [0.15, 0.2) is 67.1 Å². The lowest BCUT2D eigenvalue weighted by Gasteiger charge is -2.36. The molecule has 2 aromatic carbocycles. The van der Waals surface area contributed by atoms with Gasteiger partial charge in [-0.25, -0.2) is 14.4 Å². The van der Waals surface area contributed by atoms with E-state index in [1.54, 1.807) is 41.6 Å². The molecule has 0 spiro atoms. The number of nitrogens with zero attached hydrogens (tertiary/aromatic N) is 7. The van der Waals surface area contributed by atoms with E-state index in [4.69, 9.17) is 28.4 Å². The third-order valence-corrected chi connectivity index (χ3v) is 12.3. The van der Waals surface area contributed by atoms with Crippen LogP contribution in [0.3, 0.4) is 0 Å². The monoisotopic (exact) mass is 1040 g/mol. The highest BCUT2D eigenvalue weighted by molar-refractivity contribution is 6.05. The Kier molecular flexibility index (Phi) is 22.6. The van der Waals surface area contributed by atoms with Crippen molar-refractivity contribution in [3.8, 4) is 34.3 Å². The number of piperazine rings is 1. The first-order valence-electron chi connectivity index (χ1n) is 25.1. The minimum Gasteiger partial charge on any atom is -0.496 e. The molecule has 2 aliphatic heterocycles. The highest BCUT2D eigenvalue weighted by Crippen LogP contribution is 2.35. The first kappa shape index (κ1) is 57.6. The average Bonchev–Trinajstić information content (AvgIpc) is 3.85. The number of aromatic nitrogens is 3. The molecule has 2 aromatic heterocycles. The van der Waals surface area contributed by atoms with Crippen LogP contribution < -0.4 is 25.6 Å². The highest BCUT2D eigenvalue weighted by atomic mass is 19.1. The Labute approximate surface area is 437 Å². The first-order chi connectivity index (χ1) is 36.2. The number of amides is 4. The number of halogens is 1. The van der Waals surface area contributed by atoms with E-state index in [-0.39, 0.29) is 66.7 Å². The van der Waals surface area contributed by atoms with Crippen LogP contribution in [0.25, 0.3) is 22.5 Å². The second-order valence-corrected chi connectivity index (χ2v) is 18.8. The van der Waals surface area contributed by atoms with Crippen LogP contribution in [0.2, 0.25) is 0 Å². The van der Waals surface area contributed by atoms with E-state index in [0.717, 1.165) is 5.56 Å². The van der Waals surface area contributed by atoms with Crippen molar-refractivity contribution in [3.05, 3.63) is 84.2 Å². The molecule has 0 bridgehead atoms. The van der Waals surface area contributed by atoms with Gasteiger partial charge in [0.05, 0.1) is 114 Å². The number of aliphatic hydroxyl groups excluding tert-OH is 1. The van der Waals surface area contributed by atoms with Crippen LogP contribution in [0.4, 0.5) is 15.8 Å². The maximum Gasteiger partial charge on any atom is 0.274 e. The van der Waals surface area contributed by atoms with Crippen LogP contribution in [0, 0.1) is 22.6 Å². The number of anilines is 2. The number of nitriles is 1. The van der Waals surface area contributed by atoms with Gasteiger partial charge in [0, 0.05) is 76.4 Å². The molecule has 0 aliphatic carbocycles. The van der Waals surface area contributed by atoms with Gasteiger partial charge in [-0.05, 0) is 53.8 Å². The number of carbonyl (C=O) groups is 4. The van der Waals surface area contributed by atoms with Crippen molar-refractivity contribution in [2.24, 2.45) is 5.41 Å². The van der Waals surface area contributed by atoms with Crippen molar-refractivity contribution >= 4 is 35.0 Å². The molecule has 6 rings (SSSR count). The lowest BCUT2D eigenvalue weighted by Crippen LogP contribution is -2.54. The average molecular weight is 1040 g/mol. The molecule has 2 aliphatic rings. The molecule has 22 heteroatoms. The zero-order chi connectivity index (χ0) is 53.6. The van der Waals surface area contributed by atoms with Gasteiger partial charge >= 0.3 is 0 Å². The fraction of sp³-hybridized carbons (Fsp3) is 0.509. The Morgan fingerprint density at radius 1 is 0.853 bits per heavy atom. The molecule has 4 N–H and O–H groups in total. The minimum atomic E-state index is -0.695. The number of carbonyl (C=O) groups excluding carboxylic acids is 4. The van der Waals surface area contributed by atoms with Gasteiger partial charge in [-0.1, -0.05) is 32.9 Å². The normalized spacial score (nSPS) is 15.3. The van der Waals surface area contributed by atoms with E-state index in [0.29, 0.717) is 128 Å². The molecule has 404 valence electrons. The molecule has 4 aromatic rings. The lowest BCUT2D eigenvalue weighted by molar-refractivity contribution is -0.139. The zero-order valence-corrected chi connectivity index (χ0v) is 43.2. The molecular weight excluding hydrogens is 972 g/mol. The number of pyridine rings is 1. The second kappa shape index (κ2) is 29.4. The van der Waals surface area contributed by atoms with Crippen molar-refractivity contribution in [2.75, 3.05) is 136 Å². The summed E-state index contributed by atoms with van der Waals surface area (Å²) in [5.41, 5.74) is 2.55. The number of aliphatic hydroxyl groups is 1. The number of β-amino-alcohol motifs (C(OH)–C–C–N with tert-alkyl or cyclic N) is 1. The zero-order valence-electron chi connectivity index (χ0n) is 43.2. The highest BCUT2D eigenvalue weighted by Gasteiger charge is 2.38. The maximum absolute atomic E-state index is 14.9. The molecule has 2 saturated heterocycles. The molecule has 0 unspecified atom stereocenters. The van der Waals surface area contributed by atoms with E-state index >= 15 is 0 Å². The van der Waals surface area contributed by atoms with E-state index in [1.807, 2.05) is 31.7 Å². The topological polar surface area (TPSA) is 252 Å². The standard InChI is InChI=1S/C53H69FN10O11/c1-53(2,3)49(52(69)64-17-12-39(65)35-64)61-46(66)13-22-71-24-26-73-28-30-75-31-29-74-27-25-72-23-16-57-47(67)36-62-18-20-63(21-19-62)44-32-37(40-34-56-14-10-38(40)33-55)8-9-42(44)60-51(68)43-11-15-58-50(59-43)48-41(54)6-5-7-45(48)70-4/h5-11,14-15,32,34,39,49,65H,12-13,16-31,35-36H2,1-4H3,(H,57,67)(H,60,68)(H,61,66)/t39-,49-/m1/s1. The van der Waals surface area contributed by atoms with Gasteiger partial charge in [-0.15, -0.1) is 0 Å². The van der Waals surface area contributed by atoms with Crippen LogP contribution in [0.5, 0.6) is 5.75 Å². The summed E-state index contributed by atoms with van der Waals surface area (Å²) in [6.07, 6.45) is 4.68. The van der Waals surface area contributed by atoms with Crippen molar-refractivity contribution in [1.82, 2.24) is 35.4 Å². The molecule has 0 saturated carbocycles. The Hall–Kier alpha value is -6.71. The number of rotatable bonds is 28. The summed E-state index contributed by atoms with van der Waals surface area (Å²) in [5, 5.41) is 28.4. The predicted octanol–water partition coefficient (Wildman–Crippen LogP) is 3.31. The second-order valence-electron chi connectivity index (χ2n) is 18.8.